The number of carbonyl (C=O) groups is 2. The van der Waals surface area contributed by atoms with Crippen molar-refractivity contribution in [2.45, 2.75) is 25.8 Å². The van der Waals surface area contributed by atoms with Crippen molar-refractivity contribution in [1.29, 1.82) is 0 Å². The second kappa shape index (κ2) is 13.5. The van der Waals surface area contributed by atoms with Crippen LogP contribution in [0, 0.1) is 0 Å². The van der Waals surface area contributed by atoms with Crippen LogP contribution in [0.3, 0.4) is 0 Å². The van der Waals surface area contributed by atoms with E-state index in [1.54, 1.807) is 42.7 Å². The van der Waals surface area contributed by atoms with E-state index in [0.29, 0.717) is 5.75 Å². The van der Waals surface area contributed by atoms with Crippen molar-refractivity contribution in [1.82, 2.24) is 15.3 Å². The molecule has 1 atom stereocenters. The van der Waals surface area contributed by atoms with Crippen LogP contribution in [-0.4, -0.2) is 62.6 Å². The molecule has 0 aliphatic carbocycles. The summed E-state index contributed by atoms with van der Waals surface area (Å²) < 4.78 is 5.62. The number of halogens is 2. The predicted octanol–water partition coefficient (Wildman–Crippen LogP) is 4.78. The molecule has 0 fully saturated rings. The fraction of sp³-hybridized carbons (Fsp3) is 0.167. The molecule has 0 saturated heterocycles. The number of nitrogens with zero attached hydrogens (tertiary/aromatic N) is 2. The van der Waals surface area contributed by atoms with Gasteiger partial charge in [0, 0.05) is 12.4 Å². The van der Waals surface area contributed by atoms with Crippen LogP contribution < -0.4 is 10.1 Å². The van der Waals surface area contributed by atoms with E-state index in [9.17, 15) is 14.7 Å². The number of carbonyl (C=O) groups excluding carboxylic acids is 1. The Balaban J connectivity index is 0.00000408. The Morgan fingerprint density at radius 1 is 1.09 bits per heavy atom. The molecule has 10 heteroatoms. The molecular formula is C24H22Cl2N3NaO4. The van der Waals surface area contributed by atoms with Gasteiger partial charge >= 0.3 is 41.5 Å². The first kappa shape index (κ1) is 27.8. The molecule has 1 amide bonds. The zero-order valence-electron chi connectivity index (χ0n) is 17.7. The summed E-state index contributed by atoms with van der Waals surface area (Å²) in [6.45, 7) is 2.02. The van der Waals surface area contributed by atoms with E-state index in [1.165, 1.54) is 12.1 Å². The minimum absolute atomic E-state index is 0. The molecule has 0 radical (unpaired) electrons. The topological polar surface area (TPSA) is 101 Å². The van der Waals surface area contributed by atoms with Gasteiger partial charge in [0.2, 0.25) is 0 Å². The number of aliphatic carboxylic acids is 1. The zero-order chi connectivity index (χ0) is 23.8. The van der Waals surface area contributed by atoms with Crippen molar-refractivity contribution in [3.8, 4) is 11.8 Å². The maximum absolute atomic E-state index is 12.5. The molecule has 2 aromatic carbocycles. The van der Waals surface area contributed by atoms with Gasteiger partial charge in [-0.05, 0) is 48.2 Å². The van der Waals surface area contributed by atoms with Crippen molar-refractivity contribution in [2.24, 2.45) is 0 Å². The first-order valence-electron chi connectivity index (χ1n) is 10.1. The summed E-state index contributed by atoms with van der Waals surface area (Å²) in [5.74, 6) is -1.25. The van der Waals surface area contributed by atoms with Gasteiger partial charge in [0.05, 0.1) is 15.6 Å². The molecule has 0 aliphatic rings. The molecule has 34 heavy (non-hydrogen) atoms. The third-order valence-electron chi connectivity index (χ3n) is 4.65. The normalized spacial score (nSPS) is 11.5. The van der Waals surface area contributed by atoms with Gasteiger partial charge in [0.25, 0.3) is 5.91 Å². The van der Waals surface area contributed by atoms with Crippen LogP contribution in [0.5, 0.6) is 11.8 Å². The Labute approximate surface area is 229 Å². The van der Waals surface area contributed by atoms with E-state index in [2.05, 4.69) is 15.3 Å². The SMILES string of the molecule is CCc1cnc(Oc2ccc(/C=C/CC(NC(=O)c3c(Cl)cccc3Cl)C(=O)O)cc2)nc1.[NaH]. The molecule has 3 rings (SSSR count). The van der Waals surface area contributed by atoms with Crippen LogP contribution in [0.4, 0.5) is 0 Å². The number of aromatic nitrogens is 2. The third-order valence-corrected chi connectivity index (χ3v) is 5.28. The number of nitrogens with one attached hydrogen (secondary N) is 1. The average molecular weight is 510 g/mol. The monoisotopic (exact) mass is 509 g/mol. The number of ether oxygens (including phenoxy) is 1. The van der Waals surface area contributed by atoms with Crippen LogP contribution in [0.2, 0.25) is 10.0 Å². The van der Waals surface area contributed by atoms with E-state index in [4.69, 9.17) is 27.9 Å². The zero-order valence-corrected chi connectivity index (χ0v) is 19.2. The van der Waals surface area contributed by atoms with Crippen LogP contribution in [-0.2, 0) is 11.2 Å². The van der Waals surface area contributed by atoms with E-state index in [0.717, 1.165) is 17.5 Å². The molecule has 3 aromatic rings. The number of hydrogen-bond acceptors (Lipinski definition) is 5. The van der Waals surface area contributed by atoms with Crippen LogP contribution in [0.15, 0.2) is 60.9 Å². The molecular weight excluding hydrogens is 488 g/mol. The molecule has 1 unspecified atom stereocenters. The van der Waals surface area contributed by atoms with Gasteiger partial charge in [-0.25, -0.2) is 14.8 Å². The van der Waals surface area contributed by atoms with Gasteiger partial charge in [0.15, 0.2) is 0 Å². The first-order chi connectivity index (χ1) is 15.9. The van der Waals surface area contributed by atoms with Gasteiger partial charge in [-0.2, -0.15) is 0 Å². The summed E-state index contributed by atoms with van der Waals surface area (Å²) in [5.41, 5.74) is 1.89. The van der Waals surface area contributed by atoms with Crippen molar-refractivity contribution in [3.63, 3.8) is 0 Å². The van der Waals surface area contributed by atoms with Gasteiger partial charge in [-0.1, -0.05) is 60.5 Å². The van der Waals surface area contributed by atoms with Crippen LogP contribution in [0.25, 0.3) is 6.08 Å². The second-order valence-corrected chi connectivity index (χ2v) is 7.81. The van der Waals surface area contributed by atoms with E-state index < -0.39 is 17.9 Å². The van der Waals surface area contributed by atoms with Crippen molar-refractivity contribution < 1.29 is 19.4 Å². The molecule has 0 aliphatic heterocycles. The van der Waals surface area contributed by atoms with Crippen LogP contribution in [0.1, 0.15) is 34.8 Å². The van der Waals surface area contributed by atoms with E-state index in [1.807, 2.05) is 19.1 Å². The van der Waals surface area contributed by atoms with E-state index >= 15 is 0 Å². The molecule has 1 heterocycles. The molecule has 172 valence electrons. The average Bonchev–Trinajstić information content (AvgIpc) is 2.80. The van der Waals surface area contributed by atoms with Crippen molar-refractivity contribution >= 4 is 70.7 Å². The Morgan fingerprint density at radius 2 is 1.71 bits per heavy atom. The Bertz CT molecular complexity index is 1140. The standard InChI is InChI=1S/C24H21Cl2N3O4.Na.H/c1-2-15-13-27-24(28-14-15)33-17-11-9-16(10-12-17)5-3-8-20(23(31)32)29-22(30)21-18(25)6-4-7-19(21)26;;/h3-7,9-14,20H,2,8H2,1H3,(H,29,30)(H,31,32);;/b5-3+;;. The number of aryl methyl sites for hydroxylation is 1. The van der Waals surface area contributed by atoms with E-state index in [-0.39, 0.29) is 57.6 Å². The second-order valence-electron chi connectivity index (χ2n) is 7.00. The fourth-order valence-electron chi connectivity index (χ4n) is 2.84. The van der Waals surface area contributed by atoms with Gasteiger partial charge < -0.3 is 15.2 Å². The van der Waals surface area contributed by atoms with Gasteiger partial charge in [0.1, 0.15) is 11.8 Å². The van der Waals surface area contributed by atoms with Crippen molar-refractivity contribution in [3.05, 3.63) is 87.7 Å². The number of carboxylic acids is 1. The third kappa shape index (κ3) is 7.82. The molecule has 0 saturated carbocycles. The van der Waals surface area contributed by atoms with Crippen LogP contribution >= 0.6 is 23.2 Å². The Kier molecular flexibility index (Phi) is 11.0. The van der Waals surface area contributed by atoms with Gasteiger partial charge in [-0.15, -0.1) is 0 Å². The minimum atomic E-state index is -1.17. The molecule has 0 spiro atoms. The molecule has 0 bridgehead atoms. The first-order valence-corrected chi connectivity index (χ1v) is 10.9. The Hall–Kier alpha value is -2.42. The summed E-state index contributed by atoms with van der Waals surface area (Å²) in [4.78, 5) is 32.4. The summed E-state index contributed by atoms with van der Waals surface area (Å²) in [6, 6.07) is 10.9. The molecule has 1 aromatic heterocycles. The molecule has 7 nitrogen and oxygen atoms in total. The van der Waals surface area contributed by atoms with Gasteiger partial charge in [-0.3, -0.25) is 4.79 Å². The summed E-state index contributed by atoms with van der Waals surface area (Å²) in [7, 11) is 0. The summed E-state index contributed by atoms with van der Waals surface area (Å²) >= 11 is 12.0. The number of carboxylic acid groups (broad SMARTS) is 1. The number of hydrogen-bond donors (Lipinski definition) is 2. The fourth-order valence-corrected chi connectivity index (χ4v) is 3.41. The number of rotatable bonds is 9. The maximum atomic E-state index is 12.5. The molecule has 2 N–H and O–H groups in total. The van der Waals surface area contributed by atoms with Crippen molar-refractivity contribution in [2.75, 3.05) is 0 Å². The Morgan fingerprint density at radius 3 is 2.26 bits per heavy atom. The summed E-state index contributed by atoms with van der Waals surface area (Å²) in [6.07, 6.45) is 7.77. The number of benzene rings is 2. The predicted molar refractivity (Wildman–Crippen MR) is 134 cm³/mol. The quantitative estimate of drug-likeness (QED) is 0.402. The number of amides is 1. The summed E-state index contributed by atoms with van der Waals surface area (Å²) in [5, 5.41) is 12.2.